The van der Waals surface area contributed by atoms with Gasteiger partial charge >= 0.3 is 0 Å². The second-order valence-electron chi connectivity index (χ2n) is 26.5. The fourth-order valence-corrected chi connectivity index (χ4v) is 10.7. The van der Waals surface area contributed by atoms with Crippen molar-refractivity contribution in [2.75, 3.05) is 9.80 Å². The fraction of sp³-hybridized carbons (Fsp3) is 0.364. The molecule has 7 aromatic carbocycles. The lowest BCUT2D eigenvalue weighted by molar-refractivity contribution is 0.568. The molecular formula is C66H77BN2. The zero-order chi connectivity index (χ0) is 50.0. The number of benzene rings is 7. The van der Waals surface area contributed by atoms with Crippen molar-refractivity contribution in [1.82, 2.24) is 0 Å². The highest BCUT2D eigenvalue weighted by atomic mass is 15.2. The molecule has 2 heterocycles. The van der Waals surface area contributed by atoms with Crippen LogP contribution in [0.15, 0.2) is 140 Å². The molecule has 69 heavy (non-hydrogen) atoms. The molecule has 0 aromatic heterocycles. The predicted molar refractivity (Wildman–Crippen MR) is 304 cm³/mol. The Labute approximate surface area is 417 Å². The summed E-state index contributed by atoms with van der Waals surface area (Å²) >= 11 is 0. The summed E-state index contributed by atoms with van der Waals surface area (Å²) in [4.78, 5) is 5.30. The van der Waals surface area contributed by atoms with Crippen molar-refractivity contribution in [2.24, 2.45) is 0 Å². The minimum atomic E-state index is -0.135. The molecule has 0 saturated heterocycles. The van der Waals surface area contributed by atoms with E-state index >= 15 is 0 Å². The Morgan fingerprint density at radius 2 is 0.623 bits per heavy atom. The first-order valence-electron chi connectivity index (χ1n) is 25.5. The Kier molecular flexibility index (Phi) is 11.5. The van der Waals surface area contributed by atoms with Gasteiger partial charge in [0.05, 0.1) is 0 Å². The quantitative estimate of drug-likeness (QED) is 0.162. The second kappa shape index (κ2) is 16.4. The number of rotatable bonds is 4. The van der Waals surface area contributed by atoms with Crippen molar-refractivity contribution >= 4 is 57.2 Å². The number of fused-ring (bicyclic) bond motifs is 4. The highest BCUT2D eigenvalue weighted by Gasteiger charge is 2.45. The third-order valence-corrected chi connectivity index (χ3v) is 14.9. The standard InChI is InChI=1S/C66H77BN2/c1-61(2,3)44-32-45(62(4,5)6)35-48(34-44)68-56-30-25-31-57-60(56)67(54-38-50(42-26-21-19-22-27-42)52(40-58(54)68)65(13,14)15)55-39-51(43-28-23-20-24-29-43)53(66(16,17)18)41-59(55)69(57)49-36-46(63(7,8)9)33-47(37-49)64(10,11)12/h19-41H,1-18H3. The van der Waals surface area contributed by atoms with E-state index in [0.717, 1.165) is 0 Å². The molecule has 0 aliphatic carbocycles. The first-order chi connectivity index (χ1) is 32.0. The molecule has 3 heteroatoms. The van der Waals surface area contributed by atoms with Gasteiger partial charge in [0.2, 0.25) is 0 Å². The average molecular weight is 909 g/mol. The number of hydrogen-bond acceptors (Lipinski definition) is 2. The van der Waals surface area contributed by atoms with Gasteiger partial charge in [-0.15, -0.1) is 0 Å². The Balaban J connectivity index is 1.49. The molecular weight excluding hydrogens is 832 g/mol. The van der Waals surface area contributed by atoms with E-state index in [-0.39, 0.29) is 39.2 Å². The van der Waals surface area contributed by atoms with Gasteiger partial charge in [-0.05, 0) is 153 Å². The molecule has 0 unspecified atom stereocenters. The van der Waals surface area contributed by atoms with Crippen LogP contribution < -0.4 is 26.2 Å². The highest BCUT2D eigenvalue weighted by Crippen LogP contribution is 2.50. The lowest BCUT2D eigenvalue weighted by Gasteiger charge is -2.46. The lowest BCUT2D eigenvalue weighted by atomic mass is 9.33. The van der Waals surface area contributed by atoms with Crippen LogP contribution >= 0.6 is 0 Å². The summed E-state index contributed by atoms with van der Waals surface area (Å²) in [6.07, 6.45) is 0. The first kappa shape index (κ1) is 48.2. The molecule has 7 aromatic rings. The monoisotopic (exact) mass is 909 g/mol. The van der Waals surface area contributed by atoms with E-state index in [0.29, 0.717) is 0 Å². The normalized spacial score (nSPS) is 14.1. The van der Waals surface area contributed by atoms with Crippen molar-refractivity contribution in [2.45, 2.75) is 157 Å². The maximum absolute atomic E-state index is 2.65. The zero-order valence-electron chi connectivity index (χ0n) is 45.3. The summed E-state index contributed by atoms with van der Waals surface area (Å²) in [5, 5.41) is 0. The first-order valence-corrected chi connectivity index (χ1v) is 25.5. The lowest BCUT2D eigenvalue weighted by Crippen LogP contribution is -2.61. The van der Waals surface area contributed by atoms with Crippen LogP contribution in [0.25, 0.3) is 22.3 Å². The Morgan fingerprint density at radius 1 is 0.304 bits per heavy atom. The van der Waals surface area contributed by atoms with E-state index in [1.54, 1.807) is 0 Å². The molecule has 2 aliphatic heterocycles. The minimum Gasteiger partial charge on any atom is -0.311 e. The third kappa shape index (κ3) is 8.78. The maximum atomic E-state index is 2.65. The van der Waals surface area contributed by atoms with E-state index < -0.39 is 0 Å². The molecule has 0 bridgehead atoms. The maximum Gasteiger partial charge on any atom is 0.252 e. The van der Waals surface area contributed by atoms with E-state index in [2.05, 4.69) is 274 Å². The third-order valence-electron chi connectivity index (χ3n) is 14.9. The molecule has 0 amide bonds. The van der Waals surface area contributed by atoms with Crippen molar-refractivity contribution in [3.8, 4) is 22.3 Å². The van der Waals surface area contributed by atoms with Gasteiger partial charge in [-0.1, -0.05) is 216 Å². The van der Waals surface area contributed by atoms with Gasteiger partial charge in [0.15, 0.2) is 0 Å². The van der Waals surface area contributed by atoms with Crippen molar-refractivity contribution in [1.29, 1.82) is 0 Å². The molecule has 9 rings (SSSR count). The zero-order valence-corrected chi connectivity index (χ0v) is 45.3. The van der Waals surface area contributed by atoms with Gasteiger partial charge in [0.1, 0.15) is 0 Å². The number of hydrogen-bond donors (Lipinski definition) is 0. The molecule has 0 atom stereocenters. The van der Waals surface area contributed by atoms with Crippen LogP contribution in [-0.2, 0) is 32.5 Å². The van der Waals surface area contributed by atoms with E-state index in [1.807, 2.05) is 0 Å². The topological polar surface area (TPSA) is 6.48 Å². The summed E-state index contributed by atoms with van der Waals surface area (Å²) in [7, 11) is 0. The summed E-state index contributed by atoms with van der Waals surface area (Å²) in [5.74, 6) is 0. The van der Waals surface area contributed by atoms with Gasteiger partial charge in [-0.2, -0.15) is 0 Å². The van der Waals surface area contributed by atoms with Crippen LogP contribution in [0.5, 0.6) is 0 Å². The van der Waals surface area contributed by atoms with Gasteiger partial charge in [-0.3, -0.25) is 0 Å². The second-order valence-corrected chi connectivity index (χ2v) is 26.5. The van der Waals surface area contributed by atoms with Crippen LogP contribution in [0.4, 0.5) is 34.1 Å². The van der Waals surface area contributed by atoms with Gasteiger partial charge in [-0.25, -0.2) is 0 Å². The van der Waals surface area contributed by atoms with Gasteiger partial charge in [0, 0.05) is 34.1 Å². The average Bonchev–Trinajstić information content (AvgIpc) is 3.26. The van der Waals surface area contributed by atoms with Crippen molar-refractivity contribution < 1.29 is 0 Å². The van der Waals surface area contributed by atoms with Crippen LogP contribution in [0.1, 0.15) is 158 Å². The molecule has 0 spiro atoms. The molecule has 0 fully saturated rings. The summed E-state index contributed by atoms with van der Waals surface area (Å²) in [6, 6.07) is 54.6. The Bertz CT molecular complexity index is 2820. The van der Waals surface area contributed by atoms with Crippen molar-refractivity contribution in [3.05, 3.63) is 173 Å². The summed E-state index contributed by atoms with van der Waals surface area (Å²) in [5.41, 5.74) is 24.1. The van der Waals surface area contributed by atoms with E-state index in [4.69, 9.17) is 0 Å². The van der Waals surface area contributed by atoms with Gasteiger partial charge < -0.3 is 9.80 Å². The summed E-state index contributed by atoms with van der Waals surface area (Å²) in [6.45, 7) is 42.5. The summed E-state index contributed by atoms with van der Waals surface area (Å²) < 4.78 is 0. The Hall–Kier alpha value is -5.80. The van der Waals surface area contributed by atoms with Crippen LogP contribution in [0.3, 0.4) is 0 Å². The molecule has 0 saturated carbocycles. The minimum absolute atomic E-state index is 0.0533. The van der Waals surface area contributed by atoms with E-state index in [9.17, 15) is 0 Å². The highest BCUT2D eigenvalue weighted by molar-refractivity contribution is 7.00. The smallest absolute Gasteiger partial charge is 0.252 e. The fourth-order valence-electron chi connectivity index (χ4n) is 10.7. The molecule has 0 N–H and O–H groups in total. The molecule has 2 aliphatic rings. The van der Waals surface area contributed by atoms with Crippen LogP contribution in [-0.4, -0.2) is 6.71 Å². The largest absolute Gasteiger partial charge is 0.311 e. The molecule has 0 radical (unpaired) electrons. The van der Waals surface area contributed by atoms with Crippen molar-refractivity contribution in [3.63, 3.8) is 0 Å². The van der Waals surface area contributed by atoms with Crippen LogP contribution in [0.2, 0.25) is 0 Å². The molecule has 2 nitrogen and oxygen atoms in total. The van der Waals surface area contributed by atoms with Gasteiger partial charge in [0.25, 0.3) is 6.71 Å². The SMILES string of the molecule is CC(C)(C)c1cc(N2c3cc(C(C)(C)C)c(-c4ccccc4)cc3B3c4cc(-c5ccccc5)c(C(C)(C)C)cc4N(c4cc(C(C)(C)C)cc(C(C)(C)C)c4)c4cccc2c43)cc(C(C)(C)C)c1. The number of anilines is 6. The Morgan fingerprint density at radius 3 is 0.913 bits per heavy atom. The molecule has 354 valence electrons. The number of nitrogens with zero attached hydrogens (tertiary/aromatic N) is 2. The van der Waals surface area contributed by atoms with Crippen LogP contribution in [0, 0.1) is 0 Å². The van der Waals surface area contributed by atoms with E-state index in [1.165, 1.54) is 106 Å². The predicted octanol–water partition coefficient (Wildman–Crippen LogP) is 16.9.